The van der Waals surface area contributed by atoms with E-state index in [1.807, 2.05) is 0 Å². The zero-order valence-electron chi connectivity index (χ0n) is 36.0. The molecule has 0 radical (unpaired) electrons. The van der Waals surface area contributed by atoms with Crippen molar-refractivity contribution in [2.45, 2.75) is 73.1 Å². The average Bonchev–Trinajstić information content (AvgIpc) is 3.24. The number of benzene rings is 6. The Balaban J connectivity index is 1.24. The van der Waals surface area contributed by atoms with Crippen LogP contribution in [0.3, 0.4) is 0 Å². The molecule has 0 aliphatic heterocycles. The number of esters is 2. The van der Waals surface area contributed by atoms with Gasteiger partial charge in [-0.05, 0) is 154 Å². The van der Waals surface area contributed by atoms with Crippen LogP contribution in [-0.4, -0.2) is 25.2 Å². The first-order chi connectivity index (χ1) is 28.9. The first-order valence-electron chi connectivity index (χ1n) is 20.9. The minimum absolute atomic E-state index is 0.0721. The summed E-state index contributed by atoms with van der Waals surface area (Å²) in [6.07, 6.45) is 3.16. The van der Waals surface area contributed by atoms with Gasteiger partial charge < -0.3 is 14.4 Å². The van der Waals surface area contributed by atoms with Crippen molar-refractivity contribution in [2.24, 2.45) is 0 Å². The van der Waals surface area contributed by atoms with Crippen molar-refractivity contribution in [3.63, 3.8) is 0 Å². The molecular formula is C55H57NO4. The second kappa shape index (κ2) is 20.0. The summed E-state index contributed by atoms with van der Waals surface area (Å²) < 4.78 is 10.6. The molecule has 0 aliphatic carbocycles. The molecule has 0 aliphatic rings. The summed E-state index contributed by atoms with van der Waals surface area (Å²) in [5.41, 5.74) is 17.5. The summed E-state index contributed by atoms with van der Waals surface area (Å²) in [5.74, 6) is -0.604. The van der Waals surface area contributed by atoms with Crippen molar-refractivity contribution in [1.82, 2.24) is 0 Å². The third kappa shape index (κ3) is 11.0. The van der Waals surface area contributed by atoms with E-state index in [1.54, 1.807) is 13.8 Å². The molecule has 60 heavy (non-hydrogen) atoms. The van der Waals surface area contributed by atoms with Crippen molar-refractivity contribution >= 4 is 29.0 Å². The van der Waals surface area contributed by atoms with Crippen molar-refractivity contribution in [1.29, 1.82) is 0 Å². The molecule has 0 fully saturated rings. The maximum atomic E-state index is 11.8. The Morgan fingerprint density at radius 3 is 1.42 bits per heavy atom. The fraction of sp³-hybridized carbons (Fsp3) is 0.236. The van der Waals surface area contributed by atoms with E-state index in [4.69, 9.17) is 9.47 Å². The van der Waals surface area contributed by atoms with Crippen molar-refractivity contribution in [3.8, 4) is 11.1 Å². The van der Waals surface area contributed by atoms with Crippen LogP contribution >= 0.6 is 0 Å². The van der Waals surface area contributed by atoms with E-state index < -0.39 is 0 Å². The van der Waals surface area contributed by atoms with E-state index in [9.17, 15) is 9.59 Å². The largest absolute Gasteiger partial charge is 0.462 e. The Kier molecular flexibility index (Phi) is 14.4. The van der Waals surface area contributed by atoms with Gasteiger partial charge in [0.15, 0.2) is 0 Å². The minimum Gasteiger partial charge on any atom is -0.462 e. The molecule has 306 valence electrons. The second-order valence-corrected chi connectivity index (χ2v) is 16.0. The van der Waals surface area contributed by atoms with E-state index in [2.05, 4.69) is 179 Å². The van der Waals surface area contributed by atoms with E-state index in [1.165, 1.54) is 61.2 Å². The van der Waals surface area contributed by atoms with Crippen LogP contribution in [0.2, 0.25) is 0 Å². The zero-order valence-corrected chi connectivity index (χ0v) is 36.0. The van der Waals surface area contributed by atoms with E-state index >= 15 is 0 Å². The second-order valence-electron chi connectivity index (χ2n) is 16.0. The summed E-state index contributed by atoms with van der Waals surface area (Å²) >= 11 is 0. The fourth-order valence-corrected chi connectivity index (χ4v) is 7.51. The topological polar surface area (TPSA) is 55.8 Å². The highest BCUT2D eigenvalue weighted by Gasteiger charge is 2.21. The third-order valence-electron chi connectivity index (χ3n) is 10.9. The van der Waals surface area contributed by atoms with Crippen molar-refractivity contribution < 1.29 is 19.1 Å². The minimum atomic E-state index is -0.340. The molecule has 6 aromatic carbocycles. The number of nitrogens with zero attached hydrogens (tertiary/aromatic N) is 1. The van der Waals surface area contributed by atoms with Gasteiger partial charge in [-0.15, -0.1) is 0 Å². The van der Waals surface area contributed by atoms with Gasteiger partial charge in [0, 0.05) is 34.1 Å². The average molecular weight is 796 g/mol. The van der Waals surface area contributed by atoms with Gasteiger partial charge in [0.05, 0.1) is 13.2 Å². The molecule has 0 bridgehead atoms. The molecule has 0 saturated heterocycles. The lowest BCUT2D eigenvalue weighted by Gasteiger charge is -2.28. The lowest BCUT2D eigenvalue weighted by molar-refractivity contribution is -0.139. The number of hydrogen-bond donors (Lipinski definition) is 0. The molecule has 0 saturated carbocycles. The van der Waals surface area contributed by atoms with Gasteiger partial charge >= 0.3 is 11.9 Å². The van der Waals surface area contributed by atoms with Gasteiger partial charge in [0.1, 0.15) is 0 Å². The zero-order chi connectivity index (χ0) is 42.8. The summed E-state index contributed by atoms with van der Waals surface area (Å²) in [7, 11) is 0. The van der Waals surface area contributed by atoms with Crippen LogP contribution in [0.15, 0.2) is 158 Å². The Hall–Kier alpha value is -6.46. The third-order valence-corrected chi connectivity index (χ3v) is 10.9. The molecule has 0 amide bonds. The smallest absolute Gasteiger partial charge is 0.333 e. The molecule has 1 atom stereocenters. The molecule has 5 nitrogen and oxygen atoms in total. The van der Waals surface area contributed by atoms with Crippen LogP contribution in [0.4, 0.5) is 17.1 Å². The molecule has 0 N–H and O–H groups in total. The van der Waals surface area contributed by atoms with Crippen molar-refractivity contribution in [3.05, 3.63) is 208 Å². The standard InChI is InChI=1S/C55H57NO4/c1-37(2)54(57)59-33-9-11-43-17-23-46(24-18-43)53(45-21-13-39(5)14-22-45)51-31-25-47(35-41(51)7)48-26-32-52(42(8)36-48)56(49-27-15-40(6)16-28-49)50-29-19-44(20-30-50)12-10-34-60-55(58)38(3)4/h13-32,35-36,53H,1,3,9-12,33-34H2,2,4-8H3. The van der Waals surface area contributed by atoms with Crippen LogP contribution in [0.1, 0.15) is 82.7 Å². The number of rotatable bonds is 17. The number of anilines is 3. The molecule has 6 aromatic rings. The van der Waals surface area contributed by atoms with Crippen LogP contribution in [0.25, 0.3) is 11.1 Å². The maximum absolute atomic E-state index is 11.8. The summed E-state index contributed by atoms with van der Waals surface area (Å²) in [5, 5.41) is 0. The van der Waals surface area contributed by atoms with E-state index in [-0.39, 0.29) is 17.9 Å². The van der Waals surface area contributed by atoms with Gasteiger partial charge in [0.2, 0.25) is 0 Å². The monoisotopic (exact) mass is 795 g/mol. The summed E-state index contributed by atoms with van der Waals surface area (Å²) in [6.45, 7) is 20.1. The summed E-state index contributed by atoms with van der Waals surface area (Å²) in [4.78, 5) is 25.9. The van der Waals surface area contributed by atoms with Crippen LogP contribution < -0.4 is 4.90 Å². The van der Waals surface area contributed by atoms with Gasteiger partial charge in [-0.25, -0.2) is 9.59 Å². The van der Waals surface area contributed by atoms with E-state index in [0.717, 1.165) is 42.7 Å². The fourth-order valence-electron chi connectivity index (χ4n) is 7.51. The Morgan fingerprint density at radius 2 is 0.950 bits per heavy atom. The molecule has 6 rings (SSSR count). The molecule has 5 heteroatoms. The highest BCUT2D eigenvalue weighted by molar-refractivity contribution is 5.87. The van der Waals surface area contributed by atoms with Gasteiger partial charge in [-0.1, -0.05) is 121 Å². The van der Waals surface area contributed by atoms with Gasteiger partial charge in [-0.3, -0.25) is 0 Å². The number of carbonyl (C=O) groups is 2. The first-order valence-corrected chi connectivity index (χ1v) is 20.9. The predicted molar refractivity (Wildman–Crippen MR) is 248 cm³/mol. The lowest BCUT2D eigenvalue weighted by Crippen LogP contribution is -2.11. The molecular weight excluding hydrogens is 739 g/mol. The maximum Gasteiger partial charge on any atom is 0.333 e. The predicted octanol–water partition coefficient (Wildman–Crippen LogP) is 13.3. The quantitative estimate of drug-likeness (QED) is 0.0398. The van der Waals surface area contributed by atoms with Gasteiger partial charge in [0.25, 0.3) is 0 Å². The number of hydrogen-bond acceptors (Lipinski definition) is 5. The number of carbonyl (C=O) groups excluding carboxylic acids is 2. The number of aryl methyl sites for hydroxylation is 6. The Morgan fingerprint density at radius 1 is 0.533 bits per heavy atom. The highest BCUT2D eigenvalue weighted by Crippen LogP contribution is 2.40. The normalized spacial score (nSPS) is 11.4. The Labute approximate surface area is 357 Å². The highest BCUT2D eigenvalue weighted by atomic mass is 16.5. The SMILES string of the molecule is C=C(C)C(=O)OCCCc1ccc(C(c2ccc(C)cc2)c2ccc(-c3ccc(N(c4ccc(C)cc4)c4ccc(CCCOC(=O)C(=C)C)cc4)c(C)c3)cc2C)cc1. The molecule has 0 spiro atoms. The molecule has 0 heterocycles. The van der Waals surface area contributed by atoms with E-state index in [0.29, 0.717) is 24.4 Å². The molecule has 0 aromatic heterocycles. The van der Waals surface area contributed by atoms with Crippen LogP contribution in [0.5, 0.6) is 0 Å². The first kappa shape index (κ1) is 43.1. The summed E-state index contributed by atoms with van der Waals surface area (Å²) in [6, 6.07) is 48.7. The van der Waals surface area contributed by atoms with Gasteiger partial charge in [-0.2, -0.15) is 0 Å². The lowest BCUT2D eigenvalue weighted by atomic mass is 9.81. The van der Waals surface area contributed by atoms with Crippen LogP contribution in [-0.2, 0) is 31.9 Å². The Bertz CT molecular complexity index is 2270. The van der Waals surface area contributed by atoms with Crippen molar-refractivity contribution in [2.75, 3.05) is 18.1 Å². The molecule has 1 unspecified atom stereocenters. The van der Waals surface area contributed by atoms with Crippen LogP contribution in [0, 0.1) is 27.7 Å². The number of ether oxygens (including phenoxy) is 2.